The number of rotatable bonds is 5. The van der Waals surface area contributed by atoms with Crippen LogP contribution in [-0.4, -0.2) is 28.6 Å². The quantitative estimate of drug-likeness (QED) is 0.711. The van der Waals surface area contributed by atoms with E-state index in [2.05, 4.69) is 20.3 Å². The lowest BCUT2D eigenvalue weighted by atomic mass is 10.1. The average molecular weight is 295 g/mol. The SMILES string of the molecule is O=C(NCCC(O)c1ccsc1)C(=O)Nc1ccon1. The fourth-order valence-corrected chi connectivity index (χ4v) is 2.19. The van der Waals surface area contributed by atoms with Gasteiger partial charge in [0.25, 0.3) is 0 Å². The number of aromatic nitrogens is 1. The van der Waals surface area contributed by atoms with E-state index in [4.69, 9.17) is 0 Å². The van der Waals surface area contributed by atoms with Crippen molar-refractivity contribution in [1.29, 1.82) is 0 Å². The normalized spacial score (nSPS) is 11.8. The Morgan fingerprint density at radius 3 is 2.90 bits per heavy atom. The molecule has 2 aromatic heterocycles. The molecule has 2 rings (SSSR count). The number of carbonyl (C=O) groups is 2. The van der Waals surface area contributed by atoms with E-state index in [1.807, 2.05) is 16.8 Å². The zero-order valence-corrected chi connectivity index (χ0v) is 11.2. The van der Waals surface area contributed by atoms with Gasteiger partial charge < -0.3 is 14.9 Å². The second-order valence-electron chi connectivity index (χ2n) is 3.96. The van der Waals surface area contributed by atoms with Crippen LogP contribution >= 0.6 is 11.3 Å². The Labute approximate surface area is 118 Å². The van der Waals surface area contributed by atoms with E-state index in [9.17, 15) is 14.7 Å². The Bertz CT molecular complexity index is 553. The molecule has 1 unspecified atom stereocenters. The molecule has 0 bridgehead atoms. The van der Waals surface area contributed by atoms with Crippen LogP contribution in [0.5, 0.6) is 0 Å². The smallest absolute Gasteiger partial charge is 0.314 e. The van der Waals surface area contributed by atoms with Crippen molar-refractivity contribution in [2.45, 2.75) is 12.5 Å². The van der Waals surface area contributed by atoms with Crippen molar-refractivity contribution in [3.63, 3.8) is 0 Å². The Kier molecular flexibility index (Phi) is 4.85. The number of anilines is 1. The van der Waals surface area contributed by atoms with E-state index >= 15 is 0 Å². The van der Waals surface area contributed by atoms with E-state index in [0.29, 0.717) is 6.42 Å². The van der Waals surface area contributed by atoms with Crippen molar-refractivity contribution < 1.29 is 19.2 Å². The highest BCUT2D eigenvalue weighted by Crippen LogP contribution is 2.18. The minimum absolute atomic E-state index is 0.170. The maximum absolute atomic E-state index is 11.5. The lowest BCUT2D eigenvalue weighted by Crippen LogP contribution is -2.36. The highest BCUT2D eigenvalue weighted by molar-refractivity contribution is 7.07. The minimum atomic E-state index is -0.830. The molecule has 0 aromatic carbocycles. The van der Waals surface area contributed by atoms with E-state index in [-0.39, 0.29) is 12.4 Å². The summed E-state index contributed by atoms with van der Waals surface area (Å²) < 4.78 is 4.52. The number of amides is 2. The Morgan fingerprint density at radius 1 is 1.40 bits per heavy atom. The van der Waals surface area contributed by atoms with Gasteiger partial charge >= 0.3 is 11.8 Å². The standard InChI is InChI=1S/C12H13N3O4S/c16-9(8-3-6-20-7-8)1-4-13-11(17)12(18)14-10-2-5-19-15-10/h2-3,5-7,9,16H,1,4H2,(H,13,17)(H,14,15,18). The molecule has 106 valence electrons. The van der Waals surface area contributed by atoms with Gasteiger partial charge in [-0.2, -0.15) is 11.3 Å². The van der Waals surface area contributed by atoms with Crippen LogP contribution in [0.15, 0.2) is 33.7 Å². The molecule has 2 heterocycles. The molecule has 0 saturated heterocycles. The largest absolute Gasteiger partial charge is 0.388 e. The Hall–Kier alpha value is -2.19. The van der Waals surface area contributed by atoms with Crippen molar-refractivity contribution in [2.24, 2.45) is 0 Å². The fourth-order valence-electron chi connectivity index (χ4n) is 1.48. The van der Waals surface area contributed by atoms with Crippen molar-refractivity contribution >= 4 is 29.0 Å². The van der Waals surface area contributed by atoms with Gasteiger partial charge in [0.15, 0.2) is 5.82 Å². The fraction of sp³-hybridized carbons (Fsp3) is 0.250. The number of hydrogen-bond donors (Lipinski definition) is 3. The first-order valence-corrected chi connectivity index (χ1v) is 6.81. The van der Waals surface area contributed by atoms with Gasteiger partial charge in [-0.3, -0.25) is 14.9 Å². The highest BCUT2D eigenvalue weighted by Gasteiger charge is 2.15. The number of carbonyl (C=O) groups excluding carboxylic acids is 2. The third kappa shape index (κ3) is 3.90. The van der Waals surface area contributed by atoms with E-state index in [1.165, 1.54) is 23.7 Å². The topological polar surface area (TPSA) is 104 Å². The first kappa shape index (κ1) is 14.2. The number of thiophene rings is 1. The molecule has 7 nitrogen and oxygen atoms in total. The lowest BCUT2D eigenvalue weighted by Gasteiger charge is -2.09. The summed E-state index contributed by atoms with van der Waals surface area (Å²) in [5.41, 5.74) is 0.802. The number of aliphatic hydroxyl groups excluding tert-OH is 1. The van der Waals surface area contributed by atoms with Crippen LogP contribution in [0.1, 0.15) is 18.1 Å². The predicted molar refractivity (Wildman–Crippen MR) is 72.0 cm³/mol. The maximum Gasteiger partial charge on any atom is 0.314 e. The van der Waals surface area contributed by atoms with Crippen LogP contribution in [0.4, 0.5) is 5.82 Å². The molecule has 0 saturated carbocycles. The summed E-state index contributed by atoms with van der Waals surface area (Å²) in [6, 6.07) is 3.24. The second kappa shape index (κ2) is 6.83. The van der Waals surface area contributed by atoms with Gasteiger partial charge in [-0.15, -0.1) is 0 Å². The molecule has 3 N–H and O–H groups in total. The third-order valence-electron chi connectivity index (χ3n) is 2.52. The van der Waals surface area contributed by atoms with Crippen LogP contribution < -0.4 is 10.6 Å². The molecule has 2 aromatic rings. The number of nitrogens with one attached hydrogen (secondary N) is 2. The van der Waals surface area contributed by atoms with Gasteiger partial charge in [0.2, 0.25) is 0 Å². The van der Waals surface area contributed by atoms with Crippen LogP contribution in [0.2, 0.25) is 0 Å². The van der Waals surface area contributed by atoms with Gasteiger partial charge in [-0.25, -0.2) is 0 Å². The highest BCUT2D eigenvalue weighted by atomic mass is 32.1. The van der Waals surface area contributed by atoms with Crippen LogP contribution in [0, 0.1) is 0 Å². The molecule has 2 amide bonds. The zero-order chi connectivity index (χ0) is 14.4. The van der Waals surface area contributed by atoms with Crippen molar-refractivity contribution in [3.8, 4) is 0 Å². The summed E-state index contributed by atoms with van der Waals surface area (Å²) in [6.45, 7) is 0.197. The molecular weight excluding hydrogens is 282 g/mol. The first-order valence-electron chi connectivity index (χ1n) is 5.86. The molecule has 0 aliphatic heterocycles. The molecule has 0 radical (unpaired) electrons. The van der Waals surface area contributed by atoms with E-state index in [1.54, 1.807) is 0 Å². The molecule has 20 heavy (non-hydrogen) atoms. The van der Waals surface area contributed by atoms with E-state index in [0.717, 1.165) is 5.56 Å². The summed E-state index contributed by atoms with van der Waals surface area (Å²) in [5.74, 6) is -1.45. The van der Waals surface area contributed by atoms with Crippen molar-refractivity contribution in [3.05, 3.63) is 34.7 Å². The Balaban J connectivity index is 1.71. The number of hydrogen-bond acceptors (Lipinski definition) is 6. The summed E-state index contributed by atoms with van der Waals surface area (Å²) in [4.78, 5) is 22.9. The molecule has 0 aliphatic carbocycles. The van der Waals surface area contributed by atoms with Crippen molar-refractivity contribution in [1.82, 2.24) is 10.5 Å². The molecule has 0 fully saturated rings. The maximum atomic E-state index is 11.5. The first-order chi connectivity index (χ1) is 9.66. The van der Waals surface area contributed by atoms with Crippen LogP contribution in [0.25, 0.3) is 0 Å². The van der Waals surface area contributed by atoms with Gasteiger partial charge in [-0.1, -0.05) is 5.16 Å². The van der Waals surface area contributed by atoms with E-state index < -0.39 is 17.9 Å². The molecule has 1 atom stereocenters. The zero-order valence-electron chi connectivity index (χ0n) is 10.4. The molecule has 0 spiro atoms. The van der Waals surface area contributed by atoms with Crippen LogP contribution in [0.3, 0.4) is 0 Å². The third-order valence-corrected chi connectivity index (χ3v) is 3.22. The molecule has 8 heteroatoms. The summed E-state index contributed by atoms with van der Waals surface area (Å²) >= 11 is 1.49. The summed E-state index contributed by atoms with van der Waals surface area (Å²) in [5, 5.41) is 21.6. The second-order valence-corrected chi connectivity index (χ2v) is 4.74. The number of aliphatic hydroxyl groups is 1. The predicted octanol–water partition coefficient (Wildman–Crippen LogP) is 0.915. The average Bonchev–Trinajstić information content (AvgIpc) is 3.11. The van der Waals surface area contributed by atoms with Gasteiger partial charge in [0.1, 0.15) is 6.26 Å². The lowest BCUT2D eigenvalue weighted by molar-refractivity contribution is -0.136. The molecule has 0 aliphatic rings. The summed E-state index contributed by atoms with van der Waals surface area (Å²) in [7, 11) is 0. The van der Waals surface area contributed by atoms with Crippen LogP contribution in [-0.2, 0) is 9.59 Å². The Morgan fingerprint density at radius 2 is 2.25 bits per heavy atom. The van der Waals surface area contributed by atoms with Gasteiger partial charge in [-0.05, 0) is 28.8 Å². The summed E-state index contributed by atoms with van der Waals surface area (Å²) in [6.07, 6.45) is 0.963. The monoisotopic (exact) mass is 295 g/mol. The molecular formula is C12H13N3O4S. The minimum Gasteiger partial charge on any atom is -0.388 e. The number of nitrogens with zero attached hydrogens (tertiary/aromatic N) is 1. The van der Waals surface area contributed by atoms with Gasteiger partial charge in [0.05, 0.1) is 6.10 Å². The van der Waals surface area contributed by atoms with Gasteiger partial charge in [0, 0.05) is 12.6 Å². The van der Waals surface area contributed by atoms with Crippen molar-refractivity contribution in [2.75, 3.05) is 11.9 Å².